The predicted molar refractivity (Wildman–Crippen MR) is 146 cm³/mol. The van der Waals surface area contributed by atoms with E-state index in [1.165, 1.54) is 23.3 Å². The van der Waals surface area contributed by atoms with Gasteiger partial charge < -0.3 is 16.0 Å². The molecule has 190 valence electrons. The summed E-state index contributed by atoms with van der Waals surface area (Å²) in [5.74, 6) is 0. The van der Waals surface area contributed by atoms with Gasteiger partial charge in [0.2, 0.25) is 0 Å². The zero-order valence-electron chi connectivity index (χ0n) is 20.4. The second-order valence-electron chi connectivity index (χ2n) is 9.41. The van der Waals surface area contributed by atoms with E-state index in [0.717, 1.165) is 25.1 Å². The standard InChI is InChI=1S/C27H29Cl2N3O3S/c1-17(23-5-4-6-24(28)25(23)29)31-26(33)32-21-9-11-22(12-10-21)36(34,35)27(2,3)20-8-7-19-16-30-14-13-18(19)15-20/h4-12,15,17,30H,13-14,16H2,1-3H3,(H2,31,32,33). The molecule has 0 saturated heterocycles. The van der Waals surface area contributed by atoms with E-state index in [0.29, 0.717) is 21.3 Å². The van der Waals surface area contributed by atoms with Crippen LogP contribution in [0.2, 0.25) is 10.0 Å². The van der Waals surface area contributed by atoms with Gasteiger partial charge in [-0.3, -0.25) is 0 Å². The lowest BCUT2D eigenvalue weighted by molar-refractivity contribution is 0.249. The lowest BCUT2D eigenvalue weighted by atomic mass is 9.93. The largest absolute Gasteiger partial charge is 0.331 e. The van der Waals surface area contributed by atoms with E-state index in [1.54, 1.807) is 51.1 Å². The summed E-state index contributed by atoms with van der Waals surface area (Å²) in [7, 11) is -3.70. The molecule has 0 aliphatic carbocycles. The van der Waals surface area contributed by atoms with Crippen molar-refractivity contribution in [3.63, 3.8) is 0 Å². The lowest BCUT2D eigenvalue weighted by Crippen LogP contribution is -2.31. The first-order valence-electron chi connectivity index (χ1n) is 11.7. The number of carbonyl (C=O) groups is 1. The second-order valence-corrected chi connectivity index (χ2v) is 12.7. The molecule has 1 heterocycles. The van der Waals surface area contributed by atoms with Crippen LogP contribution in [-0.4, -0.2) is 21.0 Å². The van der Waals surface area contributed by atoms with Crippen LogP contribution in [0.25, 0.3) is 0 Å². The third-order valence-corrected chi connectivity index (χ3v) is 9.98. The van der Waals surface area contributed by atoms with Gasteiger partial charge in [0.25, 0.3) is 0 Å². The van der Waals surface area contributed by atoms with Crippen LogP contribution >= 0.6 is 23.2 Å². The van der Waals surface area contributed by atoms with Crippen molar-refractivity contribution < 1.29 is 13.2 Å². The van der Waals surface area contributed by atoms with E-state index in [2.05, 4.69) is 16.0 Å². The van der Waals surface area contributed by atoms with E-state index >= 15 is 0 Å². The van der Waals surface area contributed by atoms with E-state index in [-0.39, 0.29) is 10.9 Å². The van der Waals surface area contributed by atoms with Gasteiger partial charge in [0.15, 0.2) is 9.84 Å². The predicted octanol–water partition coefficient (Wildman–Crippen LogP) is 6.23. The van der Waals surface area contributed by atoms with Crippen molar-refractivity contribution in [1.82, 2.24) is 10.6 Å². The minimum absolute atomic E-state index is 0.192. The molecule has 9 heteroatoms. The van der Waals surface area contributed by atoms with Crippen LogP contribution in [0.3, 0.4) is 0 Å². The van der Waals surface area contributed by atoms with Crippen LogP contribution in [0.5, 0.6) is 0 Å². The molecule has 3 aromatic carbocycles. The first-order valence-corrected chi connectivity index (χ1v) is 13.9. The number of fused-ring (bicyclic) bond motifs is 1. The van der Waals surface area contributed by atoms with Crippen LogP contribution in [-0.2, 0) is 27.5 Å². The highest BCUT2D eigenvalue weighted by Crippen LogP contribution is 2.36. The van der Waals surface area contributed by atoms with Crippen LogP contribution in [0, 0.1) is 0 Å². The maximum Gasteiger partial charge on any atom is 0.319 e. The Hall–Kier alpha value is -2.58. The molecule has 3 N–H and O–H groups in total. The fourth-order valence-corrected chi connectivity index (χ4v) is 6.31. The molecule has 0 spiro atoms. The number of amides is 2. The van der Waals surface area contributed by atoms with Crippen LogP contribution < -0.4 is 16.0 Å². The zero-order valence-corrected chi connectivity index (χ0v) is 22.7. The Morgan fingerprint density at radius 1 is 1.03 bits per heavy atom. The molecule has 3 aromatic rings. The fraction of sp³-hybridized carbons (Fsp3) is 0.296. The number of hydrogen-bond donors (Lipinski definition) is 3. The van der Waals surface area contributed by atoms with Gasteiger partial charge in [-0.25, -0.2) is 13.2 Å². The Kier molecular flexibility index (Phi) is 7.67. The number of urea groups is 1. The summed E-state index contributed by atoms with van der Waals surface area (Å²) in [6.07, 6.45) is 0.879. The fourth-order valence-electron chi connectivity index (χ4n) is 4.32. The average molecular weight is 547 g/mol. The number of anilines is 1. The summed E-state index contributed by atoms with van der Waals surface area (Å²) >= 11 is 12.3. The monoisotopic (exact) mass is 545 g/mol. The Morgan fingerprint density at radius 2 is 1.75 bits per heavy atom. The maximum atomic E-state index is 13.6. The van der Waals surface area contributed by atoms with Crippen molar-refractivity contribution >= 4 is 44.8 Å². The molecule has 0 saturated carbocycles. The highest BCUT2D eigenvalue weighted by atomic mass is 35.5. The number of benzene rings is 3. The van der Waals surface area contributed by atoms with Crippen molar-refractivity contribution in [3.8, 4) is 0 Å². The van der Waals surface area contributed by atoms with Crippen molar-refractivity contribution in [2.75, 3.05) is 11.9 Å². The molecule has 0 bridgehead atoms. The van der Waals surface area contributed by atoms with Crippen LogP contribution in [0.15, 0.2) is 65.6 Å². The van der Waals surface area contributed by atoms with Crippen molar-refractivity contribution in [2.45, 2.75) is 49.4 Å². The first-order chi connectivity index (χ1) is 17.0. The molecule has 1 aliphatic heterocycles. The van der Waals surface area contributed by atoms with Gasteiger partial charge in [-0.15, -0.1) is 0 Å². The maximum absolute atomic E-state index is 13.6. The minimum atomic E-state index is -3.70. The summed E-state index contributed by atoms with van der Waals surface area (Å²) in [6.45, 7) is 6.94. The van der Waals surface area contributed by atoms with Gasteiger partial charge in [-0.2, -0.15) is 0 Å². The van der Waals surface area contributed by atoms with Gasteiger partial charge in [0.1, 0.15) is 0 Å². The second kappa shape index (κ2) is 10.4. The summed E-state index contributed by atoms with van der Waals surface area (Å²) in [4.78, 5) is 12.7. The Morgan fingerprint density at radius 3 is 2.47 bits per heavy atom. The molecule has 0 radical (unpaired) electrons. The molecular formula is C27H29Cl2N3O3S. The van der Waals surface area contributed by atoms with Gasteiger partial charge >= 0.3 is 6.03 Å². The quantitative estimate of drug-likeness (QED) is 0.342. The molecule has 1 atom stereocenters. The third kappa shape index (κ3) is 5.25. The average Bonchev–Trinajstić information content (AvgIpc) is 2.85. The Labute approximate surface area is 222 Å². The summed E-state index contributed by atoms with van der Waals surface area (Å²) in [5, 5.41) is 9.68. The van der Waals surface area contributed by atoms with Gasteiger partial charge in [0, 0.05) is 12.2 Å². The number of hydrogen-bond acceptors (Lipinski definition) is 4. The molecular weight excluding hydrogens is 517 g/mol. The lowest BCUT2D eigenvalue weighted by Gasteiger charge is -2.28. The van der Waals surface area contributed by atoms with Crippen molar-refractivity contribution in [1.29, 1.82) is 0 Å². The van der Waals surface area contributed by atoms with Crippen LogP contribution in [0.4, 0.5) is 10.5 Å². The Balaban J connectivity index is 1.47. The Bertz CT molecular complexity index is 1390. The summed E-state index contributed by atoms with van der Waals surface area (Å²) in [6, 6.07) is 16.5. The molecule has 0 aromatic heterocycles. The van der Waals surface area contributed by atoms with Crippen molar-refractivity contribution in [3.05, 3.63) is 93.0 Å². The summed E-state index contributed by atoms with van der Waals surface area (Å²) in [5.41, 5.74) is 4.32. The normalized spacial score (nSPS) is 14.6. The number of carbonyl (C=O) groups excluding carboxylic acids is 1. The highest BCUT2D eigenvalue weighted by molar-refractivity contribution is 7.92. The minimum Gasteiger partial charge on any atom is -0.331 e. The molecule has 4 rings (SSSR count). The zero-order chi connectivity index (χ0) is 26.1. The third-order valence-electron chi connectivity index (χ3n) is 6.68. The van der Waals surface area contributed by atoms with E-state index in [9.17, 15) is 13.2 Å². The topological polar surface area (TPSA) is 87.3 Å². The van der Waals surface area contributed by atoms with E-state index in [1.807, 2.05) is 18.2 Å². The number of halogens is 2. The molecule has 0 fully saturated rings. The van der Waals surface area contributed by atoms with E-state index in [4.69, 9.17) is 23.2 Å². The van der Waals surface area contributed by atoms with Gasteiger partial charge in [0.05, 0.1) is 25.7 Å². The van der Waals surface area contributed by atoms with E-state index < -0.39 is 20.6 Å². The molecule has 1 aliphatic rings. The SMILES string of the molecule is CC(NC(=O)Nc1ccc(S(=O)(=O)C(C)(C)c2ccc3c(c2)CCNC3)cc1)c1cccc(Cl)c1Cl. The molecule has 2 amide bonds. The van der Waals surface area contributed by atoms with Gasteiger partial charge in [-0.1, -0.05) is 53.5 Å². The summed E-state index contributed by atoms with van der Waals surface area (Å²) < 4.78 is 26.0. The highest BCUT2D eigenvalue weighted by Gasteiger charge is 2.38. The van der Waals surface area contributed by atoms with Gasteiger partial charge in [-0.05, 0) is 86.3 Å². The number of rotatable bonds is 6. The van der Waals surface area contributed by atoms with Crippen LogP contribution in [0.1, 0.15) is 49.1 Å². The molecule has 6 nitrogen and oxygen atoms in total. The number of sulfone groups is 1. The molecule has 36 heavy (non-hydrogen) atoms. The van der Waals surface area contributed by atoms with Crippen molar-refractivity contribution in [2.24, 2.45) is 0 Å². The smallest absolute Gasteiger partial charge is 0.319 e. The number of nitrogens with one attached hydrogen (secondary N) is 3. The first kappa shape index (κ1) is 26.5. The molecule has 1 unspecified atom stereocenters.